The molecule has 4 N–H and O–H groups in total. The van der Waals surface area contributed by atoms with Crippen LogP contribution in [0.15, 0.2) is 48.5 Å². The van der Waals surface area contributed by atoms with E-state index in [1.807, 2.05) is 6.07 Å². The Labute approximate surface area is 174 Å². The van der Waals surface area contributed by atoms with Crippen molar-refractivity contribution >= 4 is 33.3 Å². The van der Waals surface area contributed by atoms with E-state index in [1.165, 1.54) is 0 Å². The second-order valence-corrected chi connectivity index (χ2v) is 8.82. The van der Waals surface area contributed by atoms with E-state index < -0.39 is 22.1 Å². The van der Waals surface area contributed by atoms with Crippen LogP contribution in [0.2, 0.25) is 5.02 Å². The molecule has 0 bridgehead atoms. The van der Waals surface area contributed by atoms with E-state index in [2.05, 4.69) is 5.32 Å². The van der Waals surface area contributed by atoms with Crippen molar-refractivity contribution in [3.63, 3.8) is 0 Å². The first-order valence-electron chi connectivity index (χ1n) is 8.98. The van der Waals surface area contributed by atoms with Gasteiger partial charge in [-0.2, -0.15) is 0 Å². The highest BCUT2D eigenvalue weighted by Gasteiger charge is 2.41. The average molecular weight is 440 g/mol. The van der Waals surface area contributed by atoms with E-state index in [0.29, 0.717) is 16.5 Å². The number of carbonyl (C=O) groups excluding carboxylic acids is 1. The zero-order valence-electron chi connectivity index (χ0n) is 15.5. The third-order valence-corrected chi connectivity index (χ3v) is 5.62. The van der Waals surface area contributed by atoms with Crippen molar-refractivity contribution in [2.45, 2.75) is 18.5 Å². The van der Waals surface area contributed by atoms with Gasteiger partial charge in [-0.05, 0) is 48.4 Å². The molecule has 0 spiro atoms. The van der Waals surface area contributed by atoms with Crippen molar-refractivity contribution in [1.29, 1.82) is 0 Å². The number of sulfonamides is 1. The molecule has 1 fully saturated rings. The number of amides is 2. The van der Waals surface area contributed by atoms with Gasteiger partial charge in [-0.1, -0.05) is 23.7 Å². The van der Waals surface area contributed by atoms with Gasteiger partial charge < -0.3 is 15.2 Å². The van der Waals surface area contributed by atoms with Crippen molar-refractivity contribution in [2.75, 3.05) is 23.9 Å². The summed E-state index contributed by atoms with van der Waals surface area (Å²) >= 11 is 5.97. The van der Waals surface area contributed by atoms with Crippen LogP contribution in [0.1, 0.15) is 18.0 Å². The molecule has 1 saturated heterocycles. The molecule has 1 heterocycles. The summed E-state index contributed by atoms with van der Waals surface area (Å²) in [7, 11) is -3.68. The summed E-state index contributed by atoms with van der Waals surface area (Å²) in [6.45, 7) is 0.0165. The number of nitrogens with two attached hydrogens (primary N) is 1. The molecule has 1 aliphatic heterocycles. The summed E-state index contributed by atoms with van der Waals surface area (Å²) in [4.78, 5) is 14.3. The van der Waals surface area contributed by atoms with Crippen LogP contribution in [0.25, 0.3) is 0 Å². The van der Waals surface area contributed by atoms with Crippen molar-refractivity contribution < 1.29 is 23.1 Å². The lowest BCUT2D eigenvalue weighted by molar-refractivity contribution is 0.201. The van der Waals surface area contributed by atoms with Gasteiger partial charge in [0.2, 0.25) is 10.0 Å². The molecule has 10 heteroatoms. The van der Waals surface area contributed by atoms with E-state index >= 15 is 0 Å². The lowest BCUT2D eigenvalue weighted by Gasteiger charge is -2.27. The number of nitrogens with zero attached hydrogens (tertiary/aromatic N) is 1. The highest BCUT2D eigenvalue weighted by molar-refractivity contribution is 7.89. The van der Waals surface area contributed by atoms with Crippen LogP contribution in [-0.4, -0.2) is 44.6 Å². The monoisotopic (exact) mass is 439 g/mol. The molecule has 29 heavy (non-hydrogen) atoms. The molecule has 0 aromatic heterocycles. The van der Waals surface area contributed by atoms with Gasteiger partial charge in [-0.3, -0.25) is 4.90 Å². The summed E-state index contributed by atoms with van der Waals surface area (Å²) in [5.41, 5.74) is 1.38. The van der Waals surface area contributed by atoms with Crippen molar-refractivity contribution in [3.05, 3.63) is 59.1 Å². The van der Waals surface area contributed by atoms with E-state index in [0.717, 1.165) is 5.56 Å². The standard InChI is InChI=1S/C19H22ClN3O5S/c20-14-4-6-15(7-5-14)23-18(13-2-1-3-16(12-13)28-10-9-24)17(22-19(23)25)8-11-29(21,26)27/h1-7,12,17-18,24H,8-11H2,(H,22,25)(H2,21,26,27). The fraction of sp³-hybridized carbons (Fsp3) is 0.316. The van der Waals surface area contributed by atoms with E-state index in [9.17, 15) is 13.2 Å². The van der Waals surface area contributed by atoms with Crippen LogP contribution < -0.4 is 20.1 Å². The maximum Gasteiger partial charge on any atom is 0.322 e. The first-order chi connectivity index (χ1) is 13.8. The Hall–Kier alpha value is -2.33. The van der Waals surface area contributed by atoms with E-state index in [-0.39, 0.29) is 31.4 Å². The molecule has 0 aliphatic carbocycles. The highest BCUT2D eigenvalue weighted by atomic mass is 35.5. The predicted molar refractivity (Wildman–Crippen MR) is 111 cm³/mol. The van der Waals surface area contributed by atoms with Gasteiger partial charge in [0, 0.05) is 10.7 Å². The second kappa shape index (κ2) is 9.00. The molecule has 2 amide bonds. The molecular formula is C19H22ClN3O5S. The van der Waals surface area contributed by atoms with Crippen molar-refractivity contribution in [3.8, 4) is 5.75 Å². The van der Waals surface area contributed by atoms with Gasteiger partial charge in [-0.15, -0.1) is 0 Å². The summed E-state index contributed by atoms with van der Waals surface area (Å²) < 4.78 is 28.4. The molecule has 1 aliphatic rings. The minimum absolute atomic E-state index is 0.123. The number of aliphatic hydroxyl groups excluding tert-OH is 1. The molecule has 2 atom stereocenters. The number of hydrogen-bond donors (Lipinski definition) is 3. The summed E-state index contributed by atoms with van der Waals surface area (Å²) in [6, 6.07) is 12.6. The van der Waals surface area contributed by atoms with Crippen LogP contribution in [0, 0.1) is 0 Å². The summed E-state index contributed by atoms with van der Waals surface area (Å²) in [6.07, 6.45) is 0.154. The number of primary sulfonamides is 1. The number of benzene rings is 2. The van der Waals surface area contributed by atoms with Gasteiger partial charge in [0.25, 0.3) is 0 Å². The Morgan fingerprint density at radius 1 is 1.21 bits per heavy atom. The third kappa shape index (κ3) is 5.39. The number of nitrogens with one attached hydrogen (secondary N) is 1. The Morgan fingerprint density at radius 3 is 2.59 bits per heavy atom. The van der Waals surface area contributed by atoms with Gasteiger partial charge >= 0.3 is 6.03 Å². The van der Waals surface area contributed by atoms with Gasteiger partial charge in [0.05, 0.1) is 24.4 Å². The smallest absolute Gasteiger partial charge is 0.322 e. The number of urea groups is 1. The first kappa shape index (κ1) is 21.4. The Bertz CT molecular complexity index is 968. The van der Waals surface area contributed by atoms with Crippen molar-refractivity contribution in [1.82, 2.24) is 5.32 Å². The highest BCUT2D eigenvalue weighted by Crippen LogP contribution is 2.37. The molecule has 156 valence electrons. The third-order valence-electron chi connectivity index (χ3n) is 4.56. The molecule has 0 saturated carbocycles. The maximum absolute atomic E-state index is 12.8. The molecule has 3 rings (SSSR count). The van der Waals surface area contributed by atoms with Crippen molar-refractivity contribution in [2.24, 2.45) is 5.14 Å². The number of anilines is 1. The predicted octanol–water partition coefficient (Wildman–Crippen LogP) is 2.03. The molecule has 2 unspecified atom stereocenters. The summed E-state index contributed by atoms with van der Waals surface area (Å²) in [5, 5.41) is 17.5. The summed E-state index contributed by atoms with van der Waals surface area (Å²) in [5.74, 6) is 0.279. The average Bonchev–Trinajstić information content (AvgIpc) is 3.01. The molecule has 8 nitrogen and oxygen atoms in total. The fourth-order valence-electron chi connectivity index (χ4n) is 3.35. The van der Waals surface area contributed by atoms with Crippen LogP contribution in [-0.2, 0) is 10.0 Å². The van der Waals surface area contributed by atoms with Gasteiger partial charge in [0.15, 0.2) is 0 Å². The Balaban J connectivity index is 1.98. The lowest BCUT2D eigenvalue weighted by atomic mass is 9.97. The Morgan fingerprint density at radius 2 is 1.93 bits per heavy atom. The fourth-order valence-corrected chi connectivity index (χ4v) is 4.06. The SMILES string of the molecule is NS(=O)(=O)CCC1NC(=O)N(c2ccc(Cl)cc2)C1c1cccc(OCCO)c1. The van der Waals surface area contributed by atoms with Crippen LogP contribution in [0.3, 0.4) is 0 Å². The minimum Gasteiger partial charge on any atom is -0.491 e. The Kier molecular flexibility index (Phi) is 6.63. The van der Waals surface area contributed by atoms with Crippen LogP contribution in [0.4, 0.5) is 10.5 Å². The molecule has 2 aromatic rings. The lowest BCUT2D eigenvalue weighted by Crippen LogP contribution is -2.31. The van der Waals surface area contributed by atoms with Gasteiger partial charge in [-0.25, -0.2) is 18.4 Å². The largest absolute Gasteiger partial charge is 0.491 e. The number of rotatable bonds is 8. The van der Waals surface area contributed by atoms with E-state index in [4.69, 9.17) is 26.6 Å². The maximum atomic E-state index is 12.8. The second-order valence-electron chi connectivity index (χ2n) is 6.65. The number of aliphatic hydroxyl groups is 1. The van der Waals surface area contributed by atoms with E-state index in [1.54, 1.807) is 47.4 Å². The topological polar surface area (TPSA) is 122 Å². The molecule has 2 aromatic carbocycles. The number of ether oxygens (including phenoxy) is 1. The molecule has 0 radical (unpaired) electrons. The quantitative estimate of drug-likeness (QED) is 0.580. The number of hydrogen-bond acceptors (Lipinski definition) is 5. The first-order valence-corrected chi connectivity index (χ1v) is 11.1. The van der Waals surface area contributed by atoms with Crippen LogP contribution >= 0.6 is 11.6 Å². The molecular weight excluding hydrogens is 418 g/mol. The number of carbonyl (C=O) groups is 1. The van der Waals surface area contributed by atoms with Crippen LogP contribution in [0.5, 0.6) is 5.75 Å². The van der Waals surface area contributed by atoms with Gasteiger partial charge in [0.1, 0.15) is 12.4 Å². The normalized spacial score (nSPS) is 19.3. The zero-order valence-corrected chi connectivity index (χ0v) is 17.1. The number of halogens is 1. The minimum atomic E-state index is -3.68. The zero-order chi connectivity index (χ0) is 21.0.